The first-order valence-electron chi connectivity index (χ1n) is 7.05. The Morgan fingerprint density at radius 3 is 2.33 bits per heavy atom. The molecule has 0 spiro atoms. The minimum Gasteiger partial charge on any atom is -0.396 e. The van der Waals surface area contributed by atoms with E-state index in [2.05, 4.69) is 10.6 Å². The van der Waals surface area contributed by atoms with E-state index in [1.807, 2.05) is 0 Å². The maximum absolute atomic E-state index is 11.8. The number of hydrogen-bond donors (Lipinski definition) is 3. The number of hydrogen-bond acceptors (Lipinski definition) is 3. The lowest BCUT2D eigenvalue weighted by atomic mass is 10.2. The van der Waals surface area contributed by atoms with Gasteiger partial charge in [0.05, 0.1) is 6.54 Å². The Bertz CT molecular complexity index is 449. The molecule has 0 atom stereocenters. The Morgan fingerprint density at radius 1 is 1.00 bits per heavy atom. The molecule has 2 amide bonds. The molecule has 5 nitrogen and oxygen atoms in total. The van der Waals surface area contributed by atoms with Gasteiger partial charge in [0.1, 0.15) is 0 Å². The van der Waals surface area contributed by atoms with Crippen molar-refractivity contribution in [2.75, 3.05) is 19.7 Å². The Kier molecular flexibility index (Phi) is 8.47. The molecule has 0 fully saturated rings. The highest BCUT2D eigenvalue weighted by Gasteiger charge is 2.07. The number of carbonyl (C=O) groups is 2. The second-order valence-corrected chi connectivity index (χ2v) is 5.11. The highest BCUT2D eigenvalue weighted by molar-refractivity contribution is 6.30. The molecule has 3 N–H and O–H groups in total. The number of amides is 2. The van der Waals surface area contributed by atoms with Gasteiger partial charge in [0.2, 0.25) is 5.91 Å². The quantitative estimate of drug-likeness (QED) is 0.608. The summed E-state index contributed by atoms with van der Waals surface area (Å²) in [4.78, 5) is 23.3. The van der Waals surface area contributed by atoms with Crippen molar-refractivity contribution in [3.05, 3.63) is 34.9 Å². The van der Waals surface area contributed by atoms with Crippen LogP contribution >= 0.6 is 11.6 Å². The number of rotatable bonds is 9. The highest BCUT2D eigenvalue weighted by Crippen LogP contribution is 2.09. The maximum atomic E-state index is 11.8. The van der Waals surface area contributed by atoms with Crippen LogP contribution in [0.1, 0.15) is 36.0 Å². The van der Waals surface area contributed by atoms with Crippen LogP contribution in [-0.2, 0) is 4.79 Å². The normalized spacial score (nSPS) is 10.2. The second-order valence-electron chi connectivity index (χ2n) is 4.68. The van der Waals surface area contributed by atoms with E-state index in [4.69, 9.17) is 16.7 Å². The molecule has 0 unspecified atom stereocenters. The Balaban J connectivity index is 2.15. The first-order chi connectivity index (χ1) is 10.1. The summed E-state index contributed by atoms with van der Waals surface area (Å²) in [6.45, 7) is 0.752. The molecule has 0 aliphatic carbocycles. The predicted molar refractivity (Wildman–Crippen MR) is 82.3 cm³/mol. The molecule has 21 heavy (non-hydrogen) atoms. The third-order valence-electron chi connectivity index (χ3n) is 2.92. The molecular weight excluding hydrogens is 292 g/mol. The van der Waals surface area contributed by atoms with E-state index in [-0.39, 0.29) is 25.0 Å². The number of aliphatic hydroxyl groups excluding tert-OH is 1. The third kappa shape index (κ3) is 7.68. The Hall–Kier alpha value is -1.59. The average Bonchev–Trinajstić information content (AvgIpc) is 2.49. The van der Waals surface area contributed by atoms with Crippen molar-refractivity contribution >= 4 is 23.4 Å². The van der Waals surface area contributed by atoms with Gasteiger partial charge in [-0.1, -0.05) is 24.4 Å². The summed E-state index contributed by atoms with van der Waals surface area (Å²) in [5.41, 5.74) is 0.469. The SMILES string of the molecule is O=C(CNC(=O)c1ccc(Cl)cc1)NCCCCCCO. The van der Waals surface area contributed by atoms with Gasteiger partial charge in [-0.2, -0.15) is 0 Å². The molecule has 1 aromatic rings. The van der Waals surface area contributed by atoms with E-state index < -0.39 is 0 Å². The van der Waals surface area contributed by atoms with Crippen LogP contribution in [0.3, 0.4) is 0 Å². The lowest BCUT2D eigenvalue weighted by molar-refractivity contribution is -0.120. The fraction of sp³-hybridized carbons (Fsp3) is 0.467. The topological polar surface area (TPSA) is 78.4 Å². The van der Waals surface area contributed by atoms with E-state index in [0.717, 1.165) is 25.7 Å². The summed E-state index contributed by atoms with van der Waals surface area (Å²) in [5.74, 6) is -0.510. The number of aliphatic hydroxyl groups is 1. The molecule has 0 saturated carbocycles. The van der Waals surface area contributed by atoms with Crippen LogP contribution in [0.5, 0.6) is 0 Å². The van der Waals surface area contributed by atoms with Crippen LogP contribution in [-0.4, -0.2) is 36.6 Å². The largest absolute Gasteiger partial charge is 0.396 e. The van der Waals surface area contributed by atoms with Crippen molar-refractivity contribution < 1.29 is 14.7 Å². The van der Waals surface area contributed by atoms with Crippen LogP contribution < -0.4 is 10.6 Å². The molecule has 1 aromatic carbocycles. The predicted octanol–water partition coefficient (Wildman–Crippen LogP) is 1.74. The first kappa shape index (κ1) is 17.5. The summed E-state index contributed by atoms with van der Waals surface area (Å²) < 4.78 is 0. The number of unbranched alkanes of at least 4 members (excludes halogenated alkanes) is 3. The zero-order valence-electron chi connectivity index (χ0n) is 11.9. The van der Waals surface area contributed by atoms with Crippen molar-refractivity contribution in [1.29, 1.82) is 0 Å². The third-order valence-corrected chi connectivity index (χ3v) is 3.17. The van der Waals surface area contributed by atoms with Gasteiger partial charge in [0.15, 0.2) is 0 Å². The molecule has 1 rings (SSSR count). The van der Waals surface area contributed by atoms with Gasteiger partial charge < -0.3 is 15.7 Å². The van der Waals surface area contributed by atoms with Crippen molar-refractivity contribution in [2.45, 2.75) is 25.7 Å². The number of halogens is 1. The van der Waals surface area contributed by atoms with E-state index in [0.29, 0.717) is 17.1 Å². The van der Waals surface area contributed by atoms with Gasteiger partial charge in [-0.25, -0.2) is 0 Å². The van der Waals surface area contributed by atoms with Gasteiger partial charge >= 0.3 is 0 Å². The smallest absolute Gasteiger partial charge is 0.251 e. The average molecular weight is 313 g/mol. The standard InChI is InChI=1S/C15H21ClN2O3/c16-13-7-5-12(6-8-13)15(21)18-11-14(20)17-9-3-1-2-4-10-19/h5-8,19H,1-4,9-11H2,(H,17,20)(H,18,21). The zero-order chi connectivity index (χ0) is 15.5. The summed E-state index contributed by atoms with van der Waals surface area (Å²) in [7, 11) is 0. The summed E-state index contributed by atoms with van der Waals surface area (Å²) in [6.07, 6.45) is 3.60. The number of carbonyl (C=O) groups excluding carboxylic acids is 2. The maximum Gasteiger partial charge on any atom is 0.251 e. The molecule has 0 aliphatic heterocycles. The molecule has 0 bridgehead atoms. The molecule has 116 valence electrons. The molecule has 6 heteroatoms. The molecule has 0 heterocycles. The van der Waals surface area contributed by atoms with Crippen molar-refractivity contribution in [1.82, 2.24) is 10.6 Å². The van der Waals surface area contributed by atoms with Crippen LogP contribution in [0.15, 0.2) is 24.3 Å². The minimum atomic E-state index is -0.301. The van der Waals surface area contributed by atoms with E-state index >= 15 is 0 Å². The number of nitrogens with one attached hydrogen (secondary N) is 2. The van der Waals surface area contributed by atoms with Gasteiger partial charge in [0, 0.05) is 23.7 Å². The van der Waals surface area contributed by atoms with Gasteiger partial charge in [-0.15, -0.1) is 0 Å². The fourth-order valence-electron chi connectivity index (χ4n) is 1.74. The summed E-state index contributed by atoms with van der Waals surface area (Å²) in [5, 5.41) is 14.5. The molecule has 0 aromatic heterocycles. The number of benzene rings is 1. The first-order valence-corrected chi connectivity index (χ1v) is 7.42. The monoisotopic (exact) mass is 312 g/mol. The lowest BCUT2D eigenvalue weighted by Crippen LogP contribution is -2.37. The summed E-state index contributed by atoms with van der Waals surface area (Å²) >= 11 is 5.74. The molecule has 0 aliphatic rings. The van der Waals surface area contributed by atoms with Crippen LogP contribution in [0.2, 0.25) is 5.02 Å². The van der Waals surface area contributed by atoms with Gasteiger partial charge in [-0.05, 0) is 37.1 Å². The van der Waals surface area contributed by atoms with E-state index in [1.54, 1.807) is 24.3 Å². The van der Waals surface area contributed by atoms with Crippen molar-refractivity contribution in [3.63, 3.8) is 0 Å². The zero-order valence-corrected chi connectivity index (χ0v) is 12.7. The van der Waals surface area contributed by atoms with Crippen LogP contribution in [0.4, 0.5) is 0 Å². The second kappa shape index (κ2) is 10.2. The van der Waals surface area contributed by atoms with Gasteiger partial charge in [-0.3, -0.25) is 9.59 Å². The van der Waals surface area contributed by atoms with Crippen LogP contribution in [0.25, 0.3) is 0 Å². The van der Waals surface area contributed by atoms with Crippen molar-refractivity contribution in [3.8, 4) is 0 Å². The van der Waals surface area contributed by atoms with Crippen LogP contribution in [0, 0.1) is 0 Å². The minimum absolute atomic E-state index is 0.0436. The Labute approximate surface area is 129 Å². The van der Waals surface area contributed by atoms with Crippen molar-refractivity contribution in [2.24, 2.45) is 0 Å². The lowest BCUT2D eigenvalue weighted by Gasteiger charge is -2.07. The highest BCUT2D eigenvalue weighted by atomic mass is 35.5. The molecule has 0 radical (unpaired) electrons. The molecular formula is C15H21ClN2O3. The van der Waals surface area contributed by atoms with Gasteiger partial charge in [0.25, 0.3) is 5.91 Å². The van der Waals surface area contributed by atoms with E-state index in [1.165, 1.54) is 0 Å². The van der Waals surface area contributed by atoms with E-state index in [9.17, 15) is 9.59 Å². The fourth-order valence-corrected chi connectivity index (χ4v) is 1.87. The summed E-state index contributed by atoms with van der Waals surface area (Å²) in [6, 6.07) is 6.47. The molecule has 0 saturated heterocycles. The Morgan fingerprint density at radius 2 is 1.67 bits per heavy atom.